The van der Waals surface area contributed by atoms with Crippen LogP contribution < -0.4 is 4.90 Å². The first-order valence-corrected chi connectivity index (χ1v) is 19.3. The van der Waals surface area contributed by atoms with Crippen molar-refractivity contribution < 1.29 is 0 Å². The topological polar surface area (TPSA) is 8.17 Å². The number of aryl methyl sites for hydroxylation is 2. The lowest BCUT2D eigenvalue weighted by Gasteiger charge is -2.28. The lowest BCUT2D eigenvalue weighted by molar-refractivity contribution is 0.660. The smallest absolute Gasteiger partial charge is 0.0541 e. The Bertz CT molecular complexity index is 2890. The number of fused-ring (bicyclic) bond motifs is 6. The van der Waals surface area contributed by atoms with E-state index in [9.17, 15) is 0 Å². The highest BCUT2D eigenvalue weighted by atomic mass is 15.1. The third kappa shape index (κ3) is 5.48. The van der Waals surface area contributed by atoms with Gasteiger partial charge in [-0.3, -0.25) is 0 Å². The Balaban J connectivity index is 1.07. The molecule has 2 nitrogen and oxygen atoms in total. The fourth-order valence-corrected chi connectivity index (χ4v) is 8.88. The van der Waals surface area contributed by atoms with Gasteiger partial charge in [-0.05, 0) is 137 Å². The lowest BCUT2D eigenvalue weighted by Crippen LogP contribution is -2.16. The van der Waals surface area contributed by atoms with E-state index in [-0.39, 0.29) is 5.41 Å². The van der Waals surface area contributed by atoms with Crippen molar-refractivity contribution in [3.8, 4) is 39.1 Å². The number of aromatic nitrogens is 1. The Kier molecular flexibility index (Phi) is 7.64. The molecule has 10 rings (SSSR count). The van der Waals surface area contributed by atoms with Gasteiger partial charge in [-0.25, -0.2) is 0 Å². The molecule has 9 aromatic rings. The molecule has 1 heterocycles. The zero-order valence-corrected chi connectivity index (χ0v) is 31.7. The average molecular weight is 707 g/mol. The van der Waals surface area contributed by atoms with E-state index in [1.165, 1.54) is 83.1 Å². The first-order chi connectivity index (χ1) is 26.8. The Morgan fingerprint density at radius 2 is 0.964 bits per heavy atom. The van der Waals surface area contributed by atoms with Gasteiger partial charge in [0.2, 0.25) is 0 Å². The molecule has 0 saturated heterocycles. The van der Waals surface area contributed by atoms with E-state index < -0.39 is 0 Å². The van der Waals surface area contributed by atoms with Crippen LogP contribution in [0.5, 0.6) is 0 Å². The van der Waals surface area contributed by atoms with E-state index in [0.29, 0.717) is 0 Å². The molecular formula is C53H42N2. The summed E-state index contributed by atoms with van der Waals surface area (Å²) >= 11 is 0. The fraction of sp³-hybridized carbons (Fsp3) is 0.0943. The summed E-state index contributed by atoms with van der Waals surface area (Å²) in [5, 5.41) is 2.55. The van der Waals surface area contributed by atoms with Crippen LogP contribution in [0.4, 0.5) is 17.1 Å². The van der Waals surface area contributed by atoms with Gasteiger partial charge in [0.05, 0.1) is 11.0 Å². The monoisotopic (exact) mass is 706 g/mol. The molecule has 0 atom stereocenters. The molecule has 1 aliphatic rings. The molecule has 0 saturated carbocycles. The van der Waals surface area contributed by atoms with Gasteiger partial charge in [0.25, 0.3) is 0 Å². The number of benzene rings is 8. The quantitative estimate of drug-likeness (QED) is 0.167. The molecule has 0 spiro atoms. The molecular weight excluding hydrogens is 665 g/mol. The summed E-state index contributed by atoms with van der Waals surface area (Å²) in [7, 11) is 0. The molecule has 0 N–H and O–H groups in total. The van der Waals surface area contributed by atoms with Crippen LogP contribution in [0.2, 0.25) is 0 Å². The van der Waals surface area contributed by atoms with E-state index in [2.05, 4.69) is 219 Å². The van der Waals surface area contributed by atoms with Crippen molar-refractivity contribution in [3.05, 3.63) is 204 Å². The standard InChI is InChI=1S/C53H42N2/c1-35-11-10-14-43(31-35)55-51-29-17-36(2)32-47(51)48-33-40(22-30-52(48)55)39-20-25-42(26-21-39)54(41-23-18-38(19-24-41)37-12-6-5-7-13-37)44-27-28-46-45-15-8-9-16-49(45)53(3,4)50(46)34-44/h5-34H,1-4H3. The number of hydrogen-bond acceptors (Lipinski definition) is 1. The first kappa shape index (κ1) is 33.0. The molecule has 55 heavy (non-hydrogen) atoms. The van der Waals surface area contributed by atoms with Gasteiger partial charge >= 0.3 is 0 Å². The maximum Gasteiger partial charge on any atom is 0.0541 e. The summed E-state index contributed by atoms with van der Waals surface area (Å²) in [6, 6.07) is 67.1. The number of hydrogen-bond donors (Lipinski definition) is 0. The third-order valence-electron chi connectivity index (χ3n) is 11.7. The second-order valence-electron chi connectivity index (χ2n) is 15.6. The van der Waals surface area contributed by atoms with Gasteiger partial charge in [-0.15, -0.1) is 0 Å². The minimum Gasteiger partial charge on any atom is -0.310 e. The normalized spacial score (nSPS) is 12.9. The van der Waals surface area contributed by atoms with E-state index in [4.69, 9.17) is 0 Å². The van der Waals surface area contributed by atoms with Crippen molar-refractivity contribution in [1.82, 2.24) is 4.57 Å². The first-order valence-electron chi connectivity index (χ1n) is 19.3. The Morgan fingerprint density at radius 1 is 0.400 bits per heavy atom. The predicted molar refractivity (Wildman–Crippen MR) is 233 cm³/mol. The summed E-state index contributed by atoms with van der Waals surface area (Å²) in [5.41, 5.74) is 19.7. The lowest BCUT2D eigenvalue weighted by atomic mass is 9.82. The third-order valence-corrected chi connectivity index (χ3v) is 11.7. The summed E-state index contributed by atoms with van der Waals surface area (Å²) in [4.78, 5) is 2.40. The second kappa shape index (κ2) is 12.7. The van der Waals surface area contributed by atoms with E-state index >= 15 is 0 Å². The second-order valence-corrected chi connectivity index (χ2v) is 15.6. The Morgan fingerprint density at radius 3 is 1.69 bits per heavy atom. The average Bonchev–Trinajstić information content (AvgIpc) is 3.66. The van der Waals surface area contributed by atoms with Gasteiger partial charge < -0.3 is 9.47 Å². The van der Waals surface area contributed by atoms with E-state index in [1.54, 1.807) is 0 Å². The maximum absolute atomic E-state index is 2.41. The molecule has 1 aromatic heterocycles. The minimum absolute atomic E-state index is 0.0890. The predicted octanol–water partition coefficient (Wildman–Crippen LogP) is 14.5. The number of nitrogens with zero attached hydrogens (tertiary/aromatic N) is 2. The van der Waals surface area contributed by atoms with Crippen LogP contribution in [0, 0.1) is 13.8 Å². The van der Waals surface area contributed by atoms with Gasteiger partial charge in [0.15, 0.2) is 0 Å². The SMILES string of the molecule is Cc1cccc(-n2c3ccc(C)cc3c3cc(-c4ccc(N(c5ccc(-c6ccccc6)cc5)c5ccc6c(c5)C(C)(C)c5ccccc5-6)cc4)ccc32)c1. The molecule has 0 radical (unpaired) electrons. The highest BCUT2D eigenvalue weighted by molar-refractivity contribution is 6.10. The van der Waals surface area contributed by atoms with E-state index in [0.717, 1.165) is 17.1 Å². The van der Waals surface area contributed by atoms with Crippen LogP contribution in [0.15, 0.2) is 182 Å². The summed E-state index contributed by atoms with van der Waals surface area (Å²) in [6.45, 7) is 9.05. The van der Waals surface area contributed by atoms with Crippen molar-refractivity contribution in [2.24, 2.45) is 0 Å². The van der Waals surface area contributed by atoms with Crippen LogP contribution in [0.1, 0.15) is 36.1 Å². The Labute approximate surface area is 323 Å². The number of rotatable bonds is 6. The van der Waals surface area contributed by atoms with Gasteiger partial charge in [0.1, 0.15) is 0 Å². The fourth-order valence-electron chi connectivity index (χ4n) is 8.88. The van der Waals surface area contributed by atoms with Crippen LogP contribution in [0.3, 0.4) is 0 Å². The highest BCUT2D eigenvalue weighted by Crippen LogP contribution is 2.50. The van der Waals surface area contributed by atoms with Gasteiger partial charge in [-0.2, -0.15) is 0 Å². The summed E-state index contributed by atoms with van der Waals surface area (Å²) in [5.74, 6) is 0. The number of anilines is 3. The zero-order chi connectivity index (χ0) is 37.3. The van der Waals surface area contributed by atoms with Crippen LogP contribution >= 0.6 is 0 Å². The molecule has 0 aliphatic heterocycles. The van der Waals surface area contributed by atoms with Crippen molar-refractivity contribution in [1.29, 1.82) is 0 Å². The van der Waals surface area contributed by atoms with Gasteiger partial charge in [0, 0.05) is 38.9 Å². The van der Waals surface area contributed by atoms with Crippen molar-refractivity contribution >= 4 is 38.9 Å². The largest absolute Gasteiger partial charge is 0.310 e. The zero-order valence-electron chi connectivity index (χ0n) is 31.7. The maximum atomic E-state index is 2.41. The minimum atomic E-state index is -0.0890. The van der Waals surface area contributed by atoms with Gasteiger partial charge in [-0.1, -0.05) is 129 Å². The molecule has 0 unspecified atom stereocenters. The van der Waals surface area contributed by atoms with Crippen molar-refractivity contribution in [2.75, 3.05) is 4.90 Å². The molecule has 1 aliphatic carbocycles. The molecule has 2 heteroatoms. The molecule has 8 aromatic carbocycles. The van der Waals surface area contributed by atoms with Crippen molar-refractivity contribution in [2.45, 2.75) is 33.1 Å². The summed E-state index contributed by atoms with van der Waals surface area (Å²) in [6.07, 6.45) is 0. The molecule has 264 valence electrons. The Hall–Kier alpha value is -6.64. The molecule has 0 bridgehead atoms. The molecule has 0 amide bonds. The van der Waals surface area contributed by atoms with E-state index in [1.807, 2.05) is 0 Å². The van der Waals surface area contributed by atoms with Crippen molar-refractivity contribution in [3.63, 3.8) is 0 Å². The van der Waals surface area contributed by atoms with Crippen LogP contribution in [-0.4, -0.2) is 4.57 Å². The van der Waals surface area contributed by atoms with Crippen LogP contribution in [0.25, 0.3) is 60.9 Å². The molecule has 0 fully saturated rings. The highest BCUT2D eigenvalue weighted by Gasteiger charge is 2.35. The van der Waals surface area contributed by atoms with Crippen LogP contribution in [-0.2, 0) is 5.41 Å². The summed E-state index contributed by atoms with van der Waals surface area (Å²) < 4.78 is 2.40.